The molecule has 0 saturated heterocycles. The number of carbonyl (C=O) groups is 3. The van der Waals surface area contributed by atoms with Crippen LogP contribution in [0.15, 0.2) is 24.3 Å². The van der Waals surface area contributed by atoms with Crippen molar-refractivity contribution in [3.63, 3.8) is 0 Å². The molecule has 0 unspecified atom stereocenters. The third-order valence-electron chi connectivity index (χ3n) is 3.32. The van der Waals surface area contributed by atoms with Gasteiger partial charge in [0.1, 0.15) is 12.7 Å². The average Bonchev–Trinajstić information content (AvgIpc) is 2.62. The number of ether oxygens (including phenoxy) is 1. The predicted molar refractivity (Wildman–Crippen MR) is 99.1 cm³/mol. The van der Waals surface area contributed by atoms with E-state index in [2.05, 4.69) is 5.32 Å². The molecule has 1 radical (unpaired) electrons. The Bertz CT molecular complexity index is 702. The Balaban J connectivity index is 0.00000729. The third-order valence-corrected chi connectivity index (χ3v) is 3.72. The van der Waals surface area contributed by atoms with Crippen LogP contribution in [0.5, 0.6) is 0 Å². The van der Waals surface area contributed by atoms with Crippen LogP contribution in [0.3, 0.4) is 0 Å². The van der Waals surface area contributed by atoms with E-state index in [4.69, 9.17) is 33.0 Å². The summed E-state index contributed by atoms with van der Waals surface area (Å²) >= 11 is 10.9. The van der Waals surface area contributed by atoms with E-state index in [0.29, 0.717) is 0 Å². The maximum atomic E-state index is 11.7. The second-order valence-electron chi connectivity index (χ2n) is 5.29. The summed E-state index contributed by atoms with van der Waals surface area (Å²) in [6.07, 6.45) is -2.24. The van der Waals surface area contributed by atoms with Crippen molar-refractivity contribution in [1.82, 2.24) is 5.32 Å². The Hall–Kier alpha value is -1.43. The number of rotatable bonds is 10. The number of halogens is 2. The summed E-state index contributed by atoms with van der Waals surface area (Å²) in [6.45, 7) is -0.497. The number of amides is 1. The number of esters is 1. The van der Waals surface area contributed by atoms with Gasteiger partial charge in [0, 0.05) is 41.7 Å². The van der Waals surface area contributed by atoms with Gasteiger partial charge in [-0.05, 0) is 17.7 Å². The number of nitro groups is 1. The van der Waals surface area contributed by atoms with Crippen molar-refractivity contribution in [1.29, 1.82) is 0 Å². The minimum atomic E-state index is -1.45. The van der Waals surface area contributed by atoms with Crippen molar-refractivity contribution in [3.05, 3.63) is 39.9 Å². The van der Waals surface area contributed by atoms with Gasteiger partial charge in [0.15, 0.2) is 4.84 Å². The Morgan fingerprint density at radius 1 is 1.18 bits per heavy atom. The Morgan fingerprint density at radius 2 is 1.75 bits per heavy atom. The normalized spacial score (nSPS) is 12.4. The maximum Gasteiger partial charge on any atom is 0.306 e. The van der Waals surface area contributed by atoms with Crippen molar-refractivity contribution >= 4 is 76.3 Å². The van der Waals surface area contributed by atoms with E-state index in [9.17, 15) is 29.6 Å². The van der Waals surface area contributed by atoms with Crippen LogP contribution in [-0.4, -0.2) is 80.0 Å². The van der Waals surface area contributed by atoms with Crippen molar-refractivity contribution in [2.45, 2.75) is 29.8 Å². The molecular weight excluding hydrogens is 430 g/mol. The van der Waals surface area contributed by atoms with Crippen molar-refractivity contribution in [2.75, 3.05) is 6.61 Å². The molecule has 0 saturated carbocycles. The molecule has 0 bridgehead atoms. The number of aliphatic carboxylic acids is 1. The maximum absolute atomic E-state index is 11.7. The average molecular weight is 446 g/mol. The van der Waals surface area contributed by atoms with Gasteiger partial charge in [0.25, 0.3) is 11.6 Å². The molecule has 0 spiro atoms. The minimum Gasteiger partial charge on any atom is -0.481 e. The predicted octanol–water partition coefficient (Wildman–Crippen LogP) is 0.944. The van der Waals surface area contributed by atoms with Gasteiger partial charge in [0.05, 0.1) is 23.8 Å². The first-order valence-corrected chi connectivity index (χ1v) is 8.37. The summed E-state index contributed by atoms with van der Waals surface area (Å²) in [7, 11) is 0. The zero-order chi connectivity index (χ0) is 20.6. The first-order valence-electron chi connectivity index (χ1n) is 7.50. The largest absolute Gasteiger partial charge is 0.481 e. The van der Waals surface area contributed by atoms with Crippen molar-refractivity contribution in [3.8, 4) is 0 Å². The van der Waals surface area contributed by atoms with E-state index >= 15 is 0 Å². The molecule has 1 aromatic rings. The van der Waals surface area contributed by atoms with Crippen molar-refractivity contribution < 1.29 is 34.3 Å². The molecule has 0 heterocycles. The van der Waals surface area contributed by atoms with Gasteiger partial charge >= 0.3 is 11.9 Å². The molecule has 0 fully saturated rings. The first kappa shape index (κ1) is 26.6. The number of aliphatic hydroxyl groups excluding tert-OH is 1. The van der Waals surface area contributed by atoms with Crippen molar-refractivity contribution in [2.24, 2.45) is 0 Å². The topological polar surface area (TPSA) is 156 Å². The molecule has 3 N–H and O–H groups in total. The SMILES string of the molecule is O=C(O)CCC(=O)OC[C@@H](NC(=O)C(Cl)Cl)[C@H](O)c1ccc([N+](=O)[O-])cc1.[Na]. The second-order valence-corrected chi connectivity index (χ2v) is 6.38. The van der Waals surface area contributed by atoms with Gasteiger partial charge in [0.2, 0.25) is 0 Å². The number of carbonyl (C=O) groups excluding carboxylic acids is 2. The van der Waals surface area contributed by atoms with Gasteiger partial charge in [-0.25, -0.2) is 0 Å². The van der Waals surface area contributed by atoms with E-state index < -0.39 is 59.2 Å². The zero-order valence-corrected chi connectivity index (χ0v) is 18.2. The number of carboxylic acid groups (broad SMARTS) is 1. The number of benzene rings is 1. The number of nitro benzene ring substituents is 1. The quantitative estimate of drug-likeness (QED) is 0.158. The number of alkyl halides is 2. The number of hydrogen-bond acceptors (Lipinski definition) is 7. The van der Waals surface area contributed by atoms with Crippen LogP contribution in [0.4, 0.5) is 5.69 Å². The molecule has 1 rings (SSSR count). The van der Waals surface area contributed by atoms with Crippen LogP contribution >= 0.6 is 23.2 Å². The Morgan fingerprint density at radius 3 is 2.21 bits per heavy atom. The van der Waals surface area contributed by atoms with Gasteiger partial charge in [-0.1, -0.05) is 23.2 Å². The van der Waals surface area contributed by atoms with Crippen LogP contribution in [0, 0.1) is 10.1 Å². The molecule has 13 heteroatoms. The zero-order valence-electron chi connectivity index (χ0n) is 14.7. The molecule has 28 heavy (non-hydrogen) atoms. The number of hydrogen-bond donors (Lipinski definition) is 3. The monoisotopic (exact) mass is 445 g/mol. The van der Waals surface area contributed by atoms with Gasteiger partial charge in [-0.3, -0.25) is 24.5 Å². The van der Waals surface area contributed by atoms with E-state index in [1.54, 1.807) is 0 Å². The fourth-order valence-electron chi connectivity index (χ4n) is 1.95. The number of nitrogens with one attached hydrogen (secondary N) is 1. The summed E-state index contributed by atoms with van der Waals surface area (Å²) in [5.74, 6) is -2.89. The smallest absolute Gasteiger partial charge is 0.306 e. The van der Waals surface area contributed by atoms with Gasteiger partial charge in [-0.15, -0.1) is 0 Å². The standard InChI is InChI=1S/C15H16Cl2N2O8.Na/c16-14(17)15(24)18-10(7-27-12(22)6-5-11(20)21)13(23)8-1-3-9(4-2-8)19(25)26;/h1-4,10,13-14,23H,5-7H2,(H,18,24)(H,20,21);/t10-,13-;/m1./s1. The fourth-order valence-corrected chi connectivity index (χ4v) is 2.07. The first-order chi connectivity index (χ1) is 12.6. The van der Waals surface area contributed by atoms with Crippen LogP contribution in [-0.2, 0) is 19.1 Å². The minimum absolute atomic E-state index is 0. The molecule has 1 amide bonds. The molecule has 149 valence electrons. The molecule has 0 aliphatic heterocycles. The summed E-state index contributed by atoms with van der Waals surface area (Å²) in [5.41, 5.74) is 0.00129. The molecule has 0 aromatic heterocycles. The summed E-state index contributed by atoms with van der Waals surface area (Å²) in [5, 5.41) is 31.9. The Labute approximate surface area is 191 Å². The number of nitrogens with zero attached hydrogens (tertiary/aromatic N) is 1. The van der Waals surface area contributed by atoms with Crippen LogP contribution < -0.4 is 5.32 Å². The van der Waals surface area contributed by atoms with E-state index in [0.717, 1.165) is 12.1 Å². The van der Waals surface area contributed by atoms with Gasteiger partial charge in [-0.2, -0.15) is 0 Å². The summed E-state index contributed by atoms with van der Waals surface area (Å²) < 4.78 is 4.87. The van der Waals surface area contributed by atoms with E-state index in [1.165, 1.54) is 12.1 Å². The molecule has 1 aromatic carbocycles. The fraction of sp³-hybridized carbons (Fsp3) is 0.400. The number of aliphatic hydroxyl groups is 1. The molecule has 0 aliphatic carbocycles. The molecule has 2 atom stereocenters. The molecule has 0 aliphatic rings. The van der Waals surface area contributed by atoms with Crippen LogP contribution in [0.2, 0.25) is 0 Å². The van der Waals surface area contributed by atoms with E-state index in [1.807, 2.05) is 0 Å². The molecule has 10 nitrogen and oxygen atoms in total. The number of non-ortho nitro benzene ring substituents is 1. The van der Waals surface area contributed by atoms with E-state index in [-0.39, 0.29) is 40.8 Å². The second kappa shape index (κ2) is 12.9. The Kier molecular flexibility index (Phi) is 12.3. The summed E-state index contributed by atoms with van der Waals surface area (Å²) in [6, 6.07) is 3.68. The van der Waals surface area contributed by atoms with Crippen LogP contribution in [0.25, 0.3) is 0 Å². The van der Waals surface area contributed by atoms with Crippen LogP contribution in [0.1, 0.15) is 24.5 Å². The summed E-state index contributed by atoms with van der Waals surface area (Å²) in [4.78, 5) is 42.3. The van der Waals surface area contributed by atoms with Gasteiger partial charge < -0.3 is 20.3 Å². The molecular formula is C15H16Cl2N2NaO8. The number of carboxylic acids is 1. The third kappa shape index (κ3) is 9.18.